The van der Waals surface area contributed by atoms with Gasteiger partial charge in [0.15, 0.2) is 0 Å². The van der Waals surface area contributed by atoms with Crippen LogP contribution in [0.1, 0.15) is 44.2 Å². The van der Waals surface area contributed by atoms with Crippen molar-refractivity contribution in [2.45, 2.75) is 49.5 Å². The third kappa shape index (κ3) is 1.49. The van der Waals surface area contributed by atoms with Gasteiger partial charge < -0.3 is 5.11 Å². The van der Waals surface area contributed by atoms with Gasteiger partial charge in [0.1, 0.15) is 11.9 Å². The molecule has 4 fully saturated rings. The average Bonchev–Trinajstić information content (AvgIpc) is 2.74. The molecule has 6 nitrogen and oxygen atoms in total. The van der Waals surface area contributed by atoms with Gasteiger partial charge in [-0.25, -0.2) is 0 Å². The number of hydrogen-bond acceptors (Lipinski definition) is 4. The average molecular weight is 263 g/mol. The summed E-state index contributed by atoms with van der Waals surface area (Å²) >= 11 is 0. The Kier molecular flexibility index (Phi) is 2.02. The first kappa shape index (κ1) is 11.4. The van der Waals surface area contributed by atoms with E-state index < -0.39 is 5.60 Å². The highest BCUT2D eigenvalue weighted by molar-refractivity contribution is 5.40. The first-order valence-corrected chi connectivity index (χ1v) is 6.90. The topological polar surface area (TPSA) is 92.0 Å². The number of aliphatic hydroxyl groups is 1. The van der Waals surface area contributed by atoms with Gasteiger partial charge in [-0.05, 0) is 50.4 Å². The van der Waals surface area contributed by atoms with E-state index in [1.165, 1.54) is 12.6 Å². The molecule has 0 aliphatic heterocycles. The molecule has 2 atom stereocenters. The largest absolute Gasteiger partial charge is 0.390 e. The number of nitro groups is 1. The van der Waals surface area contributed by atoms with Crippen LogP contribution in [0.15, 0.2) is 6.20 Å². The minimum absolute atomic E-state index is 0.0885. The van der Waals surface area contributed by atoms with E-state index in [9.17, 15) is 15.2 Å². The van der Waals surface area contributed by atoms with E-state index in [4.69, 9.17) is 0 Å². The van der Waals surface area contributed by atoms with Crippen molar-refractivity contribution in [1.82, 2.24) is 10.2 Å². The van der Waals surface area contributed by atoms with Crippen molar-refractivity contribution >= 4 is 5.69 Å². The molecule has 1 heterocycles. The Bertz CT molecular complexity index is 539. The summed E-state index contributed by atoms with van der Waals surface area (Å²) in [6.07, 6.45) is 6.77. The number of rotatable bonds is 2. The second kappa shape index (κ2) is 3.36. The lowest BCUT2D eigenvalue weighted by atomic mass is 9.47. The van der Waals surface area contributed by atoms with Crippen LogP contribution < -0.4 is 0 Å². The molecule has 0 saturated heterocycles. The van der Waals surface area contributed by atoms with Crippen LogP contribution in [0.4, 0.5) is 5.69 Å². The van der Waals surface area contributed by atoms with Gasteiger partial charge in [-0.1, -0.05) is 0 Å². The maximum absolute atomic E-state index is 11.1. The van der Waals surface area contributed by atoms with E-state index in [2.05, 4.69) is 10.2 Å². The van der Waals surface area contributed by atoms with Crippen LogP contribution in [0.3, 0.4) is 0 Å². The van der Waals surface area contributed by atoms with E-state index in [-0.39, 0.29) is 16.0 Å². The number of nitrogens with zero attached hydrogens (tertiary/aromatic N) is 2. The van der Waals surface area contributed by atoms with Gasteiger partial charge in [0.2, 0.25) is 0 Å². The zero-order valence-corrected chi connectivity index (χ0v) is 10.6. The maximum Gasteiger partial charge on any atom is 0.310 e. The standard InChI is InChI=1S/C13H17N3O3/c17-13-4-8-1-9(5-13)3-12(2-8,7-13)11-10(16(18)19)6-14-15-11/h6,8-9,17H,1-5,7H2,(H,14,15). The maximum atomic E-state index is 11.1. The van der Waals surface area contributed by atoms with Crippen molar-refractivity contribution in [2.75, 3.05) is 0 Å². The number of nitrogens with one attached hydrogen (secondary N) is 1. The second-order valence-electron chi connectivity index (χ2n) is 6.85. The van der Waals surface area contributed by atoms with Crippen LogP contribution in [0.5, 0.6) is 0 Å². The molecule has 4 bridgehead atoms. The number of H-pyrrole nitrogens is 1. The zero-order valence-electron chi connectivity index (χ0n) is 10.6. The summed E-state index contributed by atoms with van der Waals surface area (Å²) in [5.74, 6) is 1.02. The van der Waals surface area contributed by atoms with Gasteiger partial charge in [-0.15, -0.1) is 0 Å². The van der Waals surface area contributed by atoms with E-state index in [1.807, 2.05) is 0 Å². The SMILES string of the molecule is O=[N+]([O-])c1cn[nH]c1C12CC3CC(CC(O)(C3)C1)C2. The summed E-state index contributed by atoms with van der Waals surface area (Å²) in [5, 5.41) is 28.6. The van der Waals surface area contributed by atoms with Crippen LogP contribution >= 0.6 is 0 Å². The molecular weight excluding hydrogens is 246 g/mol. The molecule has 2 N–H and O–H groups in total. The Morgan fingerprint density at radius 2 is 2.05 bits per heavy atom. The molecular formula is C13H17N3O3. The first-order valence-electron chi connectivity index (χ1n) is 6.90. The molecule has 6 heteroatoms. The Hall–Kier alpha value is -1.43. The zero-order chi connectivity index (χ0) is 13.3. The minimum Gasteiger partial charge on any atom is -0.390 e. The predicted molar refractivity (Wildman–Crippen MR) is 66.6 cm³/mol. The Morgan fingerprint density at radius 1 is 1.37 bits per heavy atom. The highest BCUT2D eigenvalue weighted by Crippen LogP contribution is 2.62. The Morgan fingerprint density at radius 3 is 2.63 bits per heavy atom. The lowest BCUT2D eigenvalue weighted by Gasteiger charge is -2.59. The molecule has 0 radical (unpaired) electrons. The van der Waals surface area contributed by atoms with Gasteiger partial charge in [0, 0.05) is 5.41 Å². The van der Waals surface area contributed by atoms with Crippen LogP contribution in [0.25, 0.3) is 0 Å². The molecule has 4 aliphatic carbocycles. The minimum atomic E-state index is -0.608. The van der Waals surface area contributed by atoms with Gasteiger partial charge in [0.25, 0.3) is 0 Å². The van der Waals surface area contributed by atoms with Crippen molar-refractivity contribution in [3.05, 3.63) is 22.0 Å². The first-order chi connectivity index (χ1) is 9.00. The third-order valence-electron chi connectivity index (χ3n) is 5.38. The summed E-state index contributed by atoms with van der Waals surface area (Å²) in [7, 11) is 0. The van der Waals surface area contributed by atoms with Crippen LogP contribution in [-0.4, -0.2) is 25.8 Å². The summed E-state index contributed by atoms with van der Waals surface area (Å²) in [6, 6.07) is 0. The van der Waals surface area contributed by atoms with Gasteiger partial charge in [-0.3, -0.25) is 15.2 Å². The normalized spacial score (nSPS) is 43.6. The van der Waals surface area contributed by atoms with Crippen molar-refractivity contribution in [3.8, 4) is 0 Å². The van der Waals surface area contributed by atoms with E-state index in [1.54, 1.807) is 0 Å². The molecule has 0 aromatic carbocycles. The predicted octanol–water partition coefficient (Wildman–Crippen LogP) is 1.90. The highest BCUT2D eigenvalue weighted by Gasteiger charge is 2.59. The van der Waals surface area contributed by atoms with Crippen LogP contribution in [0.2, 0.25) is 0 Å². The Labute approximate surface area is 110 Å². The van der Waals surface area contributed by atoms with Crippen molar-refractivity contribution in [1.29, 1.82) is 0 Å². The van der Waals surface area contributed by atoms with Crippen molar-refractivity contribution in [2.24, 2.45) is 11.8 Å². The molecule has 4 saturated carbocycles. The fraction of sp³-hybridized carbons (Fsp3) is 0.769. The third-order valence-corrected chi connectivity index (χ3v) is 5.38. The molecule has 4 aliphatic rings. The summed E-state index contributed by atoms with van der Waals surface area (Å²) in [6.45, 7) is 0. The number of hydrogen-bond donors (Lipinski definition) is 2. The van der Waals surface area contributed by atoms with E-state index in [0.29, 0.717) is 24.0 Å². The lowest BCUT2D eigenvalue weighted by Crippen LogP contribution is -2.57. The van der Waals surface area contributed by atoms with E-state index in [0.717, 1.165) is 25.7 Å². The van der Waals surface area contributed by atoms with Crippen molar-refractivity contribution in [3.63, 3.8) is 0 Å². The smallest absolute Gasteiger partial charge is 0.310 e. The van der Waals surface area contributed by atoms with Gasteiger partial charge in [0.05, 0.1) is 10.5 Å². The second-order valence-corrected chi connectivity index (χ2v) is 6.85. The molecule has 102 valence electrons. The molecule has 1 aromatic heterocycles. The lowest BCUT2D eigenvalue weighted by molar-refractivity contribution is -0.386. The van der Waals surface area contributed by atoms with Crippen molar-refractivity contribution < 1.29 is 10.0 Å². The van der Waals surface area contributed by atoms with Gasteiger partial charge >= 0.3 is 5.69 Å². The molecule has 19 heavy (non-hydrogen) atoms. The monoisotopic (exact) mass is 263 g/mol. The molecule has 0 spiro atoms. The van der Waals surface area contributed by atoms with Gasteiger partial charge in [-0.2, -0.15) is 5.10 Å². The quantitative estimate of drug-likeness (QED) is 0.629. The molecule has 0 amide bonds. The highest BCUT2D eigenvalue weighted by atomic mass is 16.6. The van der Waals surface area contributed by atoms with Crippen LogP contribution in [0, 0.1) is 22.0 Å². The molecule has 1 aromatic rings. The summed E-state index contributed by atoms with van der Waals surface area (Å²) in [5.41, 5.74) is -0.128. The summed E-state index contributed by atoms with van der Waals surface area (Å²) < 4.78 is 0. The van der Waals surface area contributed by atoms with Crippen LogP contribution in [-0.2, 0) is 5.41 Å². The fourth-order valence-electron chi connectivity index (χ4n) is 5.32. The Balaban J connectivity index is 1.81. The number of aromatic amines is 1. The van der Waals surface area contributed by atoms with E-state index >= 15 is 0 Å². The molecule has 5 rings (SSSR count). The molecule has 2 unspecified atom stereocenters. The fourth-order valence-corrected chi connectivity index (χ4v) is 5.32. The number of aromatic nitrogens is 2. The summed E-state index contributed by atoms with van der Waals surface area (Å²) in [4.78, 5) is 10.8.